The molecule has 0 radical (unpaired) electrons. The van der Waals surface area contributed by atoms with Gasteiger partial charge in [0.15, 0.2) is 0 Å². The van der Waals surface area contributed by atoms with Crippen LogP contribution < -0.4 is 16.2 Å². The molecule has 0 saturated carbocycles. The molecule has 17 heavy (non-hydrogen) atoms. The van der Waals surface area contributed by atoms with Crippen LogP contribution in [0.5, 0.6) is 0 Å². The Bertz CT molecular complexity index is 546. The van der Waals surface area contributed by atoms with E-state index in [1.165, 1.54) is 6.21 Å². The molecule has 0 aliphatic heterocycles. The number of nitrogens with two attached hydrogens (primary N) is 2. The highest BCUT2D eigenvalue weighted by atomic mass is 32.2. The third-order valence-corrected chi connectivity index (χ3v) is 2.22. The lowest BCUT2D eigenvalue weighted by Crippen LogP contribution is -2.21. The Kier molecular flexibility index (Phi) is 4.05. The third kappa shape index (κ3) is 4.98. The monoisotopic (exact) mass is 255 g/mol. The number of sulfonamides is 1. The second kappa shape index (κ2) is 5.30. The molecule has 0 saturated heterocycles. The Labute approximate surface area is 99.3 Å². The number of guanidine groups is 1. The number of hydrogen-bond donors (Lipinski definition) is 3. The average Bonchev–Trinajstić information content (AvgIpc) is 2.17. The van der Waals surface area contributed by atoms with Gasteiger partial charge in [0.1, 0.15) is 0 Å². The van der Waals surface area contributed by atoms with Gasteiger partial charge in [-0.3, -0.25) is 4.72 Å². The number of benzene rings is 1. The summed E-state index contributed by atoms with van der Waals surface area (Å²) in [6.45, 7) is 0. The standard InChI is InChI=1S/C9H13N5O2S/c1-17(15,16)14-8-5-3-2-4-7(8)6-12-13-9(10)11/h2-6,14H,1H3,(H4,10,11,13). The molecule has 0 spiro atoms. The van der Waals surface area contributed by atoms with Crippen molar-refractivity contribution in [2.75, 3.05) is 11.0 Å². The maximum absolute atomic E-state index is 11.1. The van der Waals surface area contributed by atoms with Crippen LogP contribution in [-0.2, 0) is 10.0 Å². The molecule has 0 amide bonds. The van der Waals surface area contributed by atoms with Gasteiger partial charge in [0.2, 0.25) is 16.0 Å². The zero-order valence-corrected chi connectivity index (χ0v) is 9.98. The van der Waals surface area contributed by atoms with Gasteiger partial charge in [-0.2, -0.15) is 5.10 Å². The van der Waals surface area contributed by atoms with Crippen LogP contribution in [-0.4, -0.2) is 26.8 Å². The van der Waals surface area contributed by atoms with Gasteiger partial charge in [0.25, 0.3) is 0 Å². The summed E-state index contributed by atoms with van der Waals surface area (Å²) < 4.78 is 24.6. The zero-order chi connectivity index (χ0) is 12.9. The molecule has 1 rings (SSSR count). The van der Waals surface area contributed by atoms with Crippen molar-refractivity contribution in [1.82, 2.24) is 0 Å². The molecule has 0 heterocycles. The van der Waals surface area contributed by atoms with Crippen LogP contribution in [0.1, 0.15) is 5.56 Å². The predicted octanol–water partition coefficient (Wildman–Crippen LogP) is -0.335. The van der Waals surface area contributed by atoms with Crippen LogP contribution >= 0.6 is 0 Å². The fraction of sp³-hybridized carbons (Fsp3) is 0.111. The maximum atomic E-state index is 11.1. The van der Waals surface area contributed by atoms with Crippen molar-refractivity contribution in [3.05, 3.63) is 29.8 Å². The molecular weight excluding hydrogens is 242 g/mol. The summed E-state index contributed by atoms with van der Waals surface area (Å²) in [6.07, 6.45) is 2.42. The summed E-state index contributed by atoms with van der Waals surface area (Å²) in [7, 11) is -3.34. The molecule has 0 fully saturated rings. The molecule has 0 aliphatic carbocycles. The molecule has 8 heteroatoms. The van der Waals surface area contributed by atoms with Crippen LogP contribution in [0.25, 0.3) is 0 Å². The van der Waals surface area contributed by atoms with Crippen molar-refractivity contribution >= 4 is 27.9 Å². The van der Waals surface area contributed by atoms with Crippen molar-refractivity contribution in [1.29, 1.82) is 0 Å². The molecule has 0 unspecified atom stereocenters. The molecule has 7 nitrogen and oxygen atoms in total. The van der Waals surface area contributed by atoms with Crippen LogP contribution in [0, 0.1) is 0 Å². The van der Waals surface area contributed by atoms with E-state index in [2.05, 4.69) is 14.9 Å². The number of hydrogen-bond acceptors (Lipinski definition) is 4. The quantitative estimate of drug-likeness (QED) is 0.387. The lowest BCUT2D eigenvalue weighted by molar-refractivity contribution is 0.607. The normalized spacial score (nSPS) is 11.4. The largest absolute Gasteiger partial charge is 0.369 e. The van der Waals surface area contributed by atoms with E-state index >= 15 is 0 Å². The third-order valence-electron chi connectivity index (χ3n) is 1.63. The average molecular weight is 255 g/mol. The van der Waals surface area contributed by atoms with E-state index < -0.39 is 10.0 Å². The van der Waals surface area contributed by atoms with Crippen LogP contribution in [0.3, 0.4) is 0 Å². The van der Waals surface area contributed by atoms with E-state index in [4.69, 9.17) is 11.5 Å². The van der Waals surface area contributed by atoms with Crippen LogP contribution in [0.15, 0.2) is 34.5 Å². The smallest absolute Gasteiger partial charge is 0.229 e. The van der Waals surface area contributed by atoms with Gasteiger partial charge in [0.05, 0.1) is 18.2 Å². The summed E-state index contributed by atoms with van der Waals surface area (Å²) in [5, 5.41) is 7.03. The first-order chi connectivity index (χ1) is 7.88. The summed E-state index contributed by atoms with van der Waals surface area (Å²) in [6, 6.07) is 6.73. The Balaban J connectivity index is 3.00. The van der Waals surface area contributed by atoms with E-state index in [1.807, 2.05) is 0 Å². The molecule has 0 aromatic heterocycles. The molecule has 0 atom stereocenters. The first-order valence-electron chi connectivity index (χ1n) is 4.57. The number of rotatable bonds is 4. The highest BCUT2D eigenvalue weighted by Crippen LogP contribution is 2.13. The number of para-hydroxylation sites is 1. The second-order valence-electron chi connectivity index (χ2n) is 3.23. The van der Waals surface area contributed by atoms with E-state index in [0.717, 1.165) is 6.26 Å². The van der Waals surface area contributed by atoms with Gasteiger partial charge in [0, 0.05) is 5.56 Å². The topological polar surface area (TPSA) is 123 Å². The van der Waals surface area contributed by atoms with Gasteiger partial charge in [-0.25, -0.2) is 8.42 Å². The highest BCUT2D eigenvalue weighted by molar-refractivity contribution is 7.92. The van der Waals surface area contributed by atoms with Gasteiger partial charge in [-0.15, -0.1) is 5.10 Å². The van der Waals surface area contributed by atoms with Crippen LogP contribution in [0.4, 0.5) is 5.69 Å². The van der Waals surface area contributed by atoms with E-state index in [-0.39, 0.29) is 5.96 Å². The van der Waals surface area contributed by atoms with Crippen LogP contribution in [0.2, 0.25) is 0 Å². The second-order valence-corrected chi connectivity index (χ2v) is 4.98. The van der Waals surface area contributed by atoms with Gasteiger partial charge in [-0.1, -0.05) is 18.2 Å². The first kappa shape index (κ1) is 13.0. The van der Waals surface area contributed by atoms with Gasteiger partial charge < -0.3 is 11.5 Å². The molecule has 0 bridgehead atoms. The number of nitrogens with one attached hydrogen (secondary N) is 1. The SMILES string of the molecule is CS(=O)(=O)Nc1ccccc1C=NN=C(N)N. The maximum Gasteiger partial charge on any atom is 0.229 e. The van der Waals surface area contributed by atoms with E-state index in [9.17, 15) is 8.42 Å². The molecule has 1 aromatic carbocycles. The number of anilines is 1. The number of nitrogens with zero attached hydrogens (tertiary/aromatic N) is 2. The Hall–Kier alpha value is -2.09. The van der Waals surface area contributed by atoms with Gasteiger partial charge in [-0.05, 0) is 6.07 Å². The first-order valence-corrected chi connectivity index (χ1v) is 6.46. The molecule has 0 aliphatic rings. The van der Waals surface area contributed by atoms with Crippen molar-refractivity contribution in [3.63, 3.8) is 0 Å². The molecular formula is C9H13N5O2S. The Morgan fingerprint density at radius 2 is 2.00 bits per heavy atom. The minimum atomic E-state index is -3.34. The minimum absolute atomic E-state index is 0.171. The summed E-state index contributed by atoms with van der Waals surface area (Å²) in [5.41, 5.74) is 11.2. The Morgan fingerprint density at radius 3 is 2.59 bits per heavy atom. The van der Waals surface area contributed by atoms with Crippen molar-refractivity contribution in [2.45, 2.75) is 0 Å². The molecule has 5 N–H and O–H groups in total. The lowest BCUT2D eigenvalue weighted by Gasteiger charge is -2.06. The lowest BCUT2D eigenvalue weighted by atomic mass is 10.2. The highest BCUT2D eigenvalue weighted by Gasteiger charge is 2.04. The molecule has 92 valence electrons. The van der Waals surface area contributed by atoms with E-state index in [0.29, 0.717) is 11.3 Å². The Morgan fingerprint density at radius 1 is 1.35 bits per heavy atom. The summed E-state index contributed by atoms with van der Waals surface area (Å²) in [5.74, 6) is -0.171. The minimum Gasteiger partial charge on any atom is -0.369 e. The fourth-order valence-electron chi connectivity index (χ4n) is 1.06. The van der Waals surface area contributed by atoms with Crippen molar-refractivity contribution < 1.29 is 8.42 Å². The summed E-state index contributed by atoms with van der Waals surface area (Å²) >= 11 is 0. The van der Waals surface area contributed by atoms with E-state index in [1.54, 1.807) is 24.3 Å². The predicted molar refractivity (Wildman–Crippen MR) is 68.3 cm³/mol. The summed E-state index contributed by atoms with van der Waals surface area (Å²) in [4.78, 5) is 0. The fourth-order valence-corrected chi connectivity index (χ4v) is 1.65. The van der Waals surface area contributed by atoms with Crippen molar-refractivity contribution in [2.24, 2.45) is 21.7 Å². The van der Waals surface area contributed by atoms with Gasteiger partial charge >= 0.3 is 0 Å². The van der Waals surface area contributed by atoms with Crippen molar-refractivity contribution in [3.8, 4) is 0 Å². The zero-order valence-electron chi connectivity index (χ0n) is 9.16. The molecule has 1 aromatic rings.